The highest BCUT2D eigenvalue weighted by molar-refractivity contribution is 7.52. The zero-order valence-electron chi connectivity index (χ0n) is 4.44. The average molecular weight is 154 g/mol. The van der Waals surface area contributed by atoms with Crippen LogP contribution in [0.25, 0.3) is 0 Å². The summed E-state index contributed by atoms with van der Waals surface area (Å²) < 4.78 is 9.98. The molecule has 5 N–H and O–H groups in total. The number of nitrogens with one attached hydrogen (secondary N) is 1. The molecule has 0 spiro atoms. The van der Waals surface area contributed by atoms with Crippen LogP contribution in [0.15, 0.2) is 0 Å². The Hall–Kier alpha value is -0.420. The molecule has 0 bridgehead atoms. The minimum Gasteiger partial charge on any atom is -0.324 e. The minimum absolute atomic E-state index is 0.858. The monoisotopic (exact) mass is 154 g/mol. The lowest BCUT2D eigenvalue weighted by Gasteiger charge is -1.99. The van der Waals surface area contributed by atoms with E-state index in [2.05, 4.69) is 5.84 Å². The predicted octanol–water partition coefficient (Wildman–Crippen LogP) is -1.85. The minimum atomic E-state index is -4.23. The fraction of sp³-hybridized carbons (Fsp3) is 0.500. The molecule has 0 fully saturated rings. The zero-order valence-corrected chi connectivity index (χ0v) is 5.34. The van der Waals surface area contributed by atoms with Gasteiger partial charge in [-0.1, -0.05) is 0 Å². The van der Waals surface area contributed by atoms with E-state index in [1.807, 2.05) is 0 Å². The number of amides is 1. The molecule has 0 aromatic carbocycles. The van der Waals surface area contributed by atoms with E-state index in [0.717, 1.165) is 0 Å². The molecule has 0 aliphatic heterocycles. The molecule has 9 heavy (non-hydrogen) atoms. The molecule has 0 aromatic rings. The number of hydrogen-bond donors (Lipinski definition) is 4. The molecule has 7 heteroatoms. The third kappa shape index (κ3) is 5.45. The molecular formula is C2H7N2O4P. The van der Waals surface area contributed by atoms with Crippen molar-refractivity contribution in [3.63, 3.8) is 0 Å². The molecule has 0 heterocycles. The van der Waals surface area contributed by atoms with Crippen molar-refractivity contribution >= 4 is 13.5 Å². The topological polar surface area (TPSA) is 113 Å². The molecule has 0 saturated heterocycles. The van der Waals surface area contributed by atoms with E-state index in [9.17, 15) is 9.36 Å². The number of hydrogen-bond acceptors (Lipinski definition) is 3. The molecule has 0 aliphatic rings. The molecule has 0 radical (unpaired) electrons. The Labute approximate surface area is 51.2 Å². The van der Waals surface area contributed by atoms with Gasteiger partial charge in [-0.2, -0.15) is 0 Å². The SMILES string of the molecule is NNC(=O)CP(=O)(O)O. The Morgan fingerprint density at radius 3 is 2.22 bits per heavy atom. The Morgan fingerprint density at radius 1 is 1.67 bits per heavy atom. The molecule has 0 saturated carbocycles. The summed E-state index contributed by atoms with van der Waals surface area (Å²) in [6, 6.07) is 0. The normalized spacial score (nSPS) is 11.0. The smallest absolute Gasteiger partial charge is 0.324 e. The van der Waals surface area contributed by atoms with Crippen molar-refractivity contribution in [3.8, 4) is 0 Å². The van der Waals surface area contributed by atoms with Crippen molar-refractivity contribution < 1.29 is 19.1 Å². The van der Waals surface area contributed by atoms with E-state index in [4.69, 9.17) is 9.79 Å². The highest BCUT2D eigenvalue weighted by Gasteiger charge is 2.17. The first-order valence-corrected chi connectivity index (χ1v) is 3.79. The second-order valence-corrected chi connectivity index (χ2v) is 3.04. The van der Waals surface area contributed by atoms with Gasteiger partial charge in [-0.05, 0) is 0 Å². The van der Waals surface area contributed by atoms with Crippen molar-refractivity contribution in [1.29, 1.82) is 0 Å². The van der Waals surface area contributed by atoms with Crippen molar-refractivity contribution in [1.82, 2.24) is 5.43 Å². The van der Waals surface area contributed by atoms with Gasteiger partial charge in [0.25, 0.3) is 0 Å². The lowest BCUT2D eigenvalue weighted by atomic mass is 10.8. The fourth-order valence-electron chi connectivity index (χ4n) is 0.233. The van der Waals surface area contributed by atoms with Gasteiger partial charge in [0.2, 0.25) is 5.91 Å². The van der Waals surface area contributed by atoms with E-state index >= 15 is 0 Å². The Morgan fingerprint density at radius 2 is 2.11 bits per heavy atom. The second kappa shape index (κ2) is 2.93. The molecule has 0 aromatic heterocycles. The van der Waals surface area contributed by atoms with Crippen molar-refractivity contribution in [2.24, 2.45) is 5.84 Å². The quantitative estimate of drug-likeness (QED) is 0.161. The summed E-state index contributed by atoms with van der Waals surface area (Å²) in [5.41, 5.74) is 1.59. The summed E-state index contributed by atoms with van der Waals surface area (Å²) in [6.07, 6.45) is -0.858. The summed E-state index contributed by atoms with van der Waals surface area (Å²) in [5.74, 6) is 3.66. The summed E-state index contributed by atoms with van der Waals surface area (Å²) in [6.45, 7) is 0. The number of carbonyl (C=O) groups is 1. The van der Waals surface area contributed by atoms with Crippen molar-refractivity contribution in [3.05, 3.63) is 0 Å². The molecule has 0 atom stereocenters. The van der Waals surface area contributed by atoms with Crippen LogP contribution in [-0.2, 0) is 9.36 Å². The average Bonchev–Trinajstić information content (AvgIpc) is 1.62. The predicted molar refractivity (Wildman–Crippen MR) is 29.2 cm³/mol. The maximum Gasteiger partial charge on any atom is 0.334 e. The van der Waals surface area contributed by atoms with Crippen LogP contribution in [0.1, 0.15) is 0 Å². The first-order chi connectivity index (χ1) is 3.95. The van der Waals surface area contributed by atoms with Crippen LogP contribution in [0, 0.1) is 0 Å². The van der Waals surface area contributed by atoms with Crippen LogP contribution in [-0.4, -0.2) is 21.9 Å². The number of nitrogens with two attached hydrogens (primary N) is 1. The highest BCUT2D eigenvalue weighted by Crippen LogP contribution is 2.33. The van der Waals surface area contributed by atoms with Gasteiger partial charge in [-0.15, -0.1) is 0 Å². The van der Waals surface area contributed by atoms with E-state index in [0.29, 0.717) is 0 Å². The lowest BCUT2D eigenvalue weighted by Crippen LogP contribution is -2.32. The maximum atomic E-state index is 10.1. The van der Waals surface area contributed by atoms with Crippen LogP contribution in [0.5, 0.6) is 0 Å². The van der Waals surface area contributed by atoms with E-state index in [1.54, 1.807) is 5.43 Å². The van der Waals surface area contributed by atoms with Crippen LogP contribution in [0.4, 0.5) is 0 Å². The van der Waals surface area contributed by atoms with Gasteiger partial charge in [-0.25, -0.2) is 5.84 Å². The maximum absolute atomic E-state index is 10.1. The zero-order chi connectivity index (χ0) is 7.49. The Kier molecular flexibility index (Phi) is 2.80. The molecule has 1 amide bonds. The Balaban J connectivity index is 3.75. The molecule has 0 unspecified atom stereocenters. The van der Waals surface area contributed by atoms with Crippen LogP contribution in [0.3, 0.4) is 0 Å². The summed E-state index contributed by atoms with van der Waals surface area (Å²) in [4.78, 5) is 26.3. The number of hydrazine groups is 1. The number of carbonyl (C=O) groups excluding carboxylic acids is 1. The van der Waals surface area contributed by atoms with Crippen LogP contribution < -0.4 is 11.3 Å². The van der Waals surface area contributed by atoms with Gasteiger partial charge in [-0.3, -0.25) is 14.8 Å². The second-order valence-electron chi connectivity index (χ2n) is 1.39. The van der Waals surface area contributed by atoms with Crippen LogP contribution >= 0.6 is 7.60 Å². The van der Waals surface area contributed by atoms with Crippen molar-refractivity contribution in [2.75, 3.05) is 6.16 Å². The highest BCUT2D eigenvalue weighted by atomic mass is 31.2. The van der Waals surface area contributed by atoms with Gasteiger partial charge >= 0.3 is 7.60 Å². The molecule has 6 nitrogen and oxygen atoms in total. The van der Waals surface area contributed by atoms with Gasteiger partial charge in [0.05, 0.1) is 0 Å². The lowest BCUT2D eigenvalue weighted by molar-refractivity contribution is -0.118. The molecule has 0 rings (SSSR count). The molecule has 54 valence electrons. The summed E-state index contributed by atoms with van der Waals surface area (Å²) in [5, 5.41) is 0. The van der Waals surface area contributed by atoms with Gasteiger partial charge in [0.15, 0.2) is 0 Å². The fourth-order valence-corrected chi connectivity index (χ4v) is 0.698. The third-order valence-corrected chi connectivity index (χ3v) is 1.21. The molecule has 0 aliphatic carbocycles. The van der Waals surface area contributed by atoms with E-state index in [1.165, 1.54) is 0 Å². The summed E-state index contributed by atoms with van der Waals surface area (Å²) >= 11 is 0. The van der Waals surface area contributed by atoms with Gasteiger partial charge in [0.1, 0.15) is 6.16 Å². The standard InChI is InChI=1S/C2H7N2O4P/c3-4-2(5)1-9(6,7)8/h1,3H2,(H,4,5)(H2,6,7,8). The largest absolute Gasteiger partial charge is 0.334 e. The van der Waals surface area contributed by atoms with Gasteiger partial charge in [0, 0.05) is 0 Å². The first kappa shape index (κ1) is 8.58. The van der Waals surface area contributed by atoms with E-state index < -0.39 is 19.7 Å². The van der Waals surface area contributed by atoms with Crippen molar-refractivity contribution in [2.45, 2.75) is 0 Å². The van der Waals surface area contributed by atoms with E-state index in [-0.39, 0.29) is 0 Å². The third-order valence-electron chi connectivity index (χ3n) is 0.511. The van der Waals surface area contributed by atoms with Gasteiger partial charge < -0.3 is 9.79 Å². The first-order valence-electron chi connectivity index (χ1n) is 2.00. The molecular weight excluding hydrogens is 147 g/mol. The Bertz CT molecular complexity index is 151. The van der Waals surface area contributed by atoms with Crippen LogP contribution in [0.2, 0.25) is 0 Å². The number of rotatable bonds is 2. The summed E-state index contributed by atoms with van der Waals surface area (Å²) in [7, 11) is -4.23.